The standard InChI is InChI=1S/C20H32N4O2.HI/c1-21-20(22-10-6-14-24-12-4-2-3-5-13-24)23-11-9-17-7-8-18-19(15-17)26-16-25-18;/h7-8,15H,2-6,9-14,16H2,1H3,(H2,21,22,23);1H. The van der Waals surface area contributed by atoms with Crippen LogP contribution in [-0.4, -0.2) is 57.4 Å². The first-order valence-corrected chi connectivity index (χ1v) is 9.90. The number of halogens is 1. The van der Waals surface area contributed by atoms with Crippen LogP contribution >= 0.6 is 24.0 Å². The van der Waals surface area contributed by atoms with Gasteiger partial charge < -0.3 is 25.0 Å². The van der Waals surface area contributed by atoms with Crippen LogP contribution in [0.1, 0.15) is 37.7 Å². The van der Waals surface area contributed by atoms with E-state index in [1.54, 1.807) is 0 Å². The van der Waals surface area contributed by atoms with Crippen LogP contribution in [0.4, 0.5) is 0 Å². The fourth-order valence-corrected chi connectivity index (χ4v) is 3.51. The first-order chi connectivity index (χ1) is 12.8. The van der Waals surface area contributed by atoms with E-state index >= 15 is 0 Å². The second-order valence-corrected chi connectivity index (χ2v) is 6.97. The highest BCUT2D eigenvalue weighted by atomic mass is 127. The molecule has 0 spiro atoms. The molecule has 152 valence electrons. The van der Waals surface area contributed by atoms with Crippen molar-refractivity contribution in [3.8, 4) is 11.5 Å². The Hall–Kier alpha value is -1.22. The Morgan fingerprint density at radius 3 is 2.56 bits per heavy atom. The van der Waals surface area contributed by atoms with Gasteiger partial charge in [-0.25, -0.2) is 0 Å². The van der Waals surface area contributed by atoms with E-state index in [2.05, 4.69) is 32.7 Å². The molecule has 1 saturated heterocycles. The first kappa shape index (κ1) is 22.1. The zero-order chi connectivity index (χ0) is 18.0. The maximum Gasteiger partial charge on any atom is 0.231 e. The van der Waals surface area contributed by atoms with Gasteiger partial charge in [-0.05, 0) is 63.0 Å². The Morgan fingerprint density at radius 1 is 1.04 bits per heavy atom. The quantitative estimate of drug-likeness (QED) is 0.268. The molecule has 0 unspecified atom stereocenters. The van der Waals surface area contributed by atoms with E-state index in [0.29, 0.717) is 6.79 Å². The summed E-state index contributed by atoms with van der Waals surface area (Å²) in [5.74, 6) is 2.56. The average Bonchev–Trinajstić information content (AvgIpc) is 2.97. The molecule has 2 heterocycles. The van der Waals surface area contributed by atoms with E-state index in [4.69, 9.17) is 9.47 Å². The molecule has 0 amide bonds. The monoisotopic (exact) mass is 488 g/mol. The summed E-state index contributed by atoms with van der Waals surface area (Å²) in [6.07, 6.45) is 7.59. The van der Waals surface area contributed by atoms with Crippen molar-refractivity contribution in [3.05, 3.63) is 23.8 Å². The Morgan fingerprint density at radius 2 is 1.78 bits per heavy atom. The molecule has 0 radical (unpaired) electrons. The average molecular weight is 488 g/mol. The third-order valence-electron chi connectivity index (χ3n) is 5.01. The number of fused-ring (bicyclic) bond motifs is 1. The minimum Gasteiger partial charge on any atom is -0.454 e. The van der Waals surface area contributed by atoms with Crippen LogP contribution in [0.15, 0.2) is 23.2 Å². The van der Waals surface area contributed by atoms with E-state index < -0.39 is 0 Å². The van der Waals surface area contributed by atoms with Crippen LogP contribution in [0.2, 0.25) is 0 Å². The number of rotatable bonds is 7. The van der Waals surface area contributed by atoms with Crippen molar-refractivity contribution in [3.63, 3.8) is 0 Å². The lowest BCUT2D eigenvalue weighted by Gasteiger charge is -2.20. The molecular formula is C20H33IN4O2. The van der Waals surface area contributed by atoms with E-state index in [1.807, 2.05) is 13.1 Å². The van der Waals surface area contributed by atoms with Crippen molar-refractivity contribution in [2.45, 2.75) is 38.5 Å². The van der Waals surface area contributed by atoms with Crippen molar-refractivity contribution in [1.29, 1.82) is 0 Å². The maximum atomic E-state index is 5.43. The van der Waals surface area contributed by atoms with Gasteiger partial charge in [0, 0.05) is 20.1 Å². The number of hydrogen-bond donors (Lipinski definition) is 2. The Kier molecular flexibility index (Phi) is 10.0. The largest absolute Gasteiger partial charge is 0.454 e. The number of likely N-dealkylation sites (tertiary alicyclic amines) is 1. The second kappa shape index (κ2) is 12.3. The van der Waals surface area contributed by atoms with E-state index in [-0.39, 0.29) is 24.0 Å². The summed E-state index contributed by atoms with van der Waals surface area (Å²) in [5.41, 5.74) is 1.23. The normalized spacial score (nSPS) is 17.1. The van der Waals surface area contributed by atoms with Gasteiger partial charge in [-0.2, -0.15) is 0 Å². The summed E-state index contributed by atoms with van der Waals surface area (Å²) < 4.78 is 10.8. The molecule has 2 aliphatic rings. The minimum atomic E-state index is 0. The lowest BCUT2D eigenvalue weighted by molar-refractivity contribution is 0.174. The van der Waals surface area contributed by atoms with Gasteiger partial charge in [0.2, 0.25) is 6.79 Å². The smallest absolute Gasteiger partial charge is 0.231 e. The van der Waals surface area contributed by atoms with Gasteiger partial charge in [-0.1, -0.05) is 18.9 Å². The third-order valence-corrected chi connectivity index (χ3v) is 5.01. The molecule has 2 aliphatic heterocycles. The zero-order valence-electron chi connectivity index (χ0n) is 16.3. The third kappa shape index (κ3) is 7.37. The maximum absolute atomic E-state index is 5.43. The molecule has 0 saturated carbocycles. The van der Waals surface area contributed by atoms with Crippen molar-refractivity contribution in [2.24, 2.45) is 4.99 Å². The van der Waals surface area contributed by atoms with E-state index in [9.17, 15) is 0 Å². The van der Waals surface area contributed by atoms with Gasteiger partial charge >= 0.3 is 0 Å². The number of guanidine groups is 1. The van der Waals surface area contributed by atoms with Crippen LogP contribution in [0.3, 0.4) is 0 Å². The topological polar surface area (TPSA) is 58.1 Å². The Balaban J connectivity index is 0.00000261. The number of hydrogen-bond acceptors (Lipinski definition) is 4. The molecule has 2 N–H and O–H groups in total. The number of ether oxygens (including phenoxy) is 2. The van der Waals surface area contributed by atoms with Crippen molar-refractivity contribution in [2.75, 3.05) is 46.6 Å². The van der Waals surface area contributed by atoms with Crippen molar-refractivity contribution < 1.29 is 9.47 Å². The predicted octanol–water partition coefficient (Wildman–Crippen LogP) is 3.01. The molecule has 0 bridgehead atoms. The molecule has 3 rings (SSSR count). The Labute approximate surface area is 180 Å². The first-order valence-electron chi connectivity index (χ1n) is 9.90. The molecule has 0 aromatic heterocycles. The zero-order valence-corrected chi connectivity index (χ0v) is 18.7. The van der Waals surface area contributed by atoms with Crippen molar-refractivity contribution >= 4 is 29.9 Å². The predicted molar refractivity (Wildman–Crippen MR) is 121 cm³/mol. The molecule has 1 fully saturated rings. The highest BCUT2D eigenvalue weighted by molar-refractivity contribution is 14.0. The molecule has 1 aromatic rings. The van der Waals surface area contributed by atoms with Crippen LogP contribution in [0.5, 0.6) is 11.5 Å². The highest BCUT2D eigenvalue weighted by Gasteiger charge is 2.13. The second-order valence-electron chi connectivity index (χ2n) is 6.97. The molecule has 0 aliphatic carbocycles. The van der Waals surface area contributed by atoms with E-state index in [0.717, 1.165) is 43.4 Å². The summed E-state index contributed by atoms with van der Waals surface area (Å²) in [6, 6.07) is 6.13. The van der Waals surface area contributed by atoms with Gasteiger partial charge in [0.25, 0.3) is 0 Å². The van der Waals surface area contributed by atoms with E-state index in [1.165, 1.54) is 50.9 Å². The van der Waals surface area contributed by atoms with Crippen LogP contribution in [-0.2, 0) is 6.42 Å². The highest BCUT2D eigenvalue weighted by Crippen LogP contribution is 2.32. The molecular weight excluding hydrogens is 455 g/mol. The van der Waals surface area contributed by atoms with Gasteiger partial charge in [-0.3, -0.25) is 4.99 Å². The number of aliphatic imine (C=N–C) groups is 1. The van der Waals surface area contributed by atoms with Crippen molar-refractivity contribution in [1.82, 2.24) is 15.5 Å². The summed E-state index contributed by atoms with van der Waals surface area (Å²) in [5, 5.41) is 6.81. The van der Waals surface area contributed by atoms with Crippen LogP contribution < -0.4 is 20.1 Å². The SMILES string of the molecule is CN=C(NCCCN1CCCCCC1)NCCc1ccc2c(c1)OCO2.I. The minimum absolute atomic E-state index is 0. The van der Waals surface area contributed by atoms with Gasteiger partial charge in [0.1, 0.15) is 0 Å². The summed E-state index contributed by atoms with van der Waals surface area (Å²) in [6.45, 7) is 5.84. The molecule has 7 heteroatoms. The summed E-state index contributed by atoms with van der Waals surface area (Å²) in [7, 11) is 1.82. The van der Waals surface area contributed by atoms with Gasteiger partial charge in [0.15, 0.2) is 17.5 Å². The number of nitrogens with one attached hydrogen (secondary N) is 2. The summed E-state index contributed by atoms with van der Waals surface area (Å²) >= 11 is 0. The fraction of sp³-hybridized carbons (Fsp3) is 0.650. The van der Waals surface area contributed by atoms with Crippen LogP contribution in [0, 0.1) is 0 Å². The molecule has 1 aromatic carbocycles. The summed E-state index contributed by atoms with van der Waals surface area (Å²) in [4.78, 5) is 6.91. The number of benzene rings is 1. The Bertz CT molecular complexity index is 589. The van der Waals surface area contributed by atoms with Gasteiger partial charge in [-0.15, -0.1) is 24.0 Å². The fourth-order valence-electron chi connectivity index (χ4n) is 3.51. The van der Waals surface area contributed by atoms with Gasteiger partial charge in [0.05, 0.1) is 0 Å². The van der Waals surface area contributed by atoms with Crippen LogP contribution in [0.25, 0.3) is 0 Å². The molecule has 0 atom stereocenters. The molecule has 27 heavy (non-hydrogen) atoms. The number of nitrogens with zero attached hydrogens (tertiary/aromatic N) is 2. The lowest BCUT2D eigenvalue weighted by atomic mass is 10.1. The molecule has 6 nitrogen and oxygen atoms in total. The lowest BCUT2D eigenvalue weighted by Crippen LogP contribution is -2.39.